The summed E-state index contributed by atoms with van der Waals surface area (Å²) >= 11 is 5.70. The monoisotopic (exact) mass is 290 g/mol. The van der Waals surface area contributed by atoms with E-state index in [-0.39, 0.29) is 16.3 Å². The zero-order valence-electron chi connectivity index (χ0n) is 9.82. The second-order valence-corrected chi connectivity index (χ2v) is 4.49. The number of aryl methyl sites for hydroxylation is 1. The van der Waals surface area contributed by atoms with E-state index in [2.05, 4.69) is 5.10 Å². The number of aromatic nitrogens is 2. The van der Waals surface area contributed by atoms with E-state index >= 15 is 0 Å². The highest BCUT2D eigenvalue weighted by Crippen LogP contribution is 2.36. The van der Waals surface area contributed by atoms with Crippen LogP contribution in [0.1, 0.15) is 17.4 Å². The number of alkyl halides is 3. The number of aliphatic hydroxyl groups is 1. The summed E-state index contributed by atoms with van der Waals surface area (Å²) in [5, 5.41) is 13.6. The van der Waals surface area contributed by atoms with Gasteiger partial charge in [-0.15, -0.1) is 0 Å². The second kappa shape index (κ2) is 4.86. The third-order valence-electron chi connectivity index (χ3n) is 2.56. The van der Waals surface area contributed by atoms with E-state index in [1.165, 1.54) is 23.0 Å². The van der Waals surface area contributed by atoms with Crippen molar-refractivity contribution in [3.05, 3.63) is 46.7 Å². The summed E-state index contributed by atoms with van der Waals surface area (Å²) in [6.45, 7) is 1.71. The normalized spacial score (nSPS) is 13.6. The van der Waals surface area contributed by atoms with Crippen molar-refractivity contribution in [3.63, 3.8) is 0 Å². The smallest absolute Gasteiger partial charge is 0.379 e. The van der Waals surface area contributed by atoms with Crippen molar-refractivity contribution in [2.75, 3.05) is 0 Å². The van der Waals surface area contributed by atoms with Crippen molar-refractivity contribution >= 4 is 11.6 Å². The molecule has 0 bridgehead atoms. The topological polar surface area (TPSA) is 38.0 Å². The molecule has 1 heterocycles. The van der Waals surface area contributed by atoms with E-state index in [9.17, 15) is 18.3 Å². The Morgan fingerprint density at radius 3 is 2.53 bits per heavy atom. The van der Waals surface area contributed by atoms with Gasteiger partial charge in [0.25, 0.3) is 0 Å². The van der Waals surface area contributed by atoms with Crippen molar-refractivity contribution in [2.45, 2.75) is 19.2 Å². The van der Waals surface area contributed by atoms with Gasteiger partial charge < -0.3 is 5.11 Å². The Hall–Kier alpha value is -1.53. The molecule has 7 heteroatoms. The minimum absolute atomic E-state index is 0.117. The first-order valence-corrected chi connectivity index (χ1v) is 5.73. The van der Waals surface area contributed by atoms with Crippen molar-refractivity contribution in [1.82, 2.24) is 9.78 Å². The molecule has 1 N–H and O–H groups in total. The minimum Gasteiger partial charge on any atom is -0.379 e. The molecule has 0 saturated heterocycles. The lowest BCUT2D eigenvalue weighted by Crippen LogP contribution is -2.22. The summed E-state index contributed by atoms with van der Waals surface area (Å²) in [4.78, 5) is 0. The maximum atomic E-state index is 12.6. The van der Waals surface area contributed by atoms with Crippen LogP contribution in [-0.2, 0) is 0 Å². The number of aliphatic hydroxyl groups excluding tert-OH is 1. The molecule has 2 rings (SSSR count). The molecule has 1 aromatic carbocycles. The van der Waals surface area contributed by atoms with Crippen LogP contribution < -0.4 is 0 Å². The zero-order valence-corrected chi connectivity index (χ0v) is 10.6. The summed E-state index contributed by atoms with van der Waals surface area (Å²) in [5.74, 6) is 0. The molecule has 1 unspecified atom stereocenters. The Balaban J connectivity index is 2.56. The van der Waals surface area contributed by atoms with E-state index in [4.69, 9.17) is 11.6 Å². The van der Waals surface area contributed by atoms with Gasteiger partial charge in [-0.2, -0.15) is 18.3 Å². The van der Waals surface area contributed by atoms with E-state index in [0.29, 0.717) is 5.69 Å². The summed E-state index contributed by atoms with van der Waals surface area (Å²) in [7, 11) is 0. The van der Waals surface area contributed by atoms with E-state index < -0.39 is 12.3 Å². The molecule has 0 aliphatic carbocycles. The van der Waals surface area contributed by atoms with E-state index in [1.54, 1.807) is 13.0 Å². The standard InChI is InChI=1S/C12H10ClF3N2O/c1-7-4-5-18(17-7)10-3-2-8(13)6-9(10)11(19)12(14,15)16/h2-6,11,19H,1H3. The lowest BCUT2D eigenvalue weighted by atomic mass is 10.1. The van der Waals surface area contributed by atoms with Crippen molar-refractivity contribution < 1.29 is 18.3 Å². The number of halogens is 4. The first kappa shape index (κ1) is 13.9. The maximum absolute atomic E-state index is 12.6. The van der Waals surface area contributed by atoms with Crippen molar-refractivity contribution in [2.24, 2.45) is 0 Å². The summed E-state index contributed by atoms with van der Waals surface area (Å²) in [5.41, 5.74) is 0.466. The van der Waals surface area contributed by atoms with Gasteiger partial charge >= 0.3 is 6.18 Å². The van der Waals surface area contributed by atoms with Crippen LogP contribution in [0.4, 0.5) is 13.2 Å². The average Bonchev–Trinajstić information content (AvgIpc) is 2.73. The fraction of sp³-hybridized carbons (Fsp3) is 0.250. The van der Waals surface area contributed by atoms with Crippen LogP contribution in [0.3, 0.4) is 0 Å². The van der Waals surface area contributed by atoms with Crippen LogP contribution in [0, 0.1) is 6.92 Å². The fourth-order valence-electron chi connectivity index (χ4n) is 1.68. The molecule has 0 amide bonds. The molecule has 19 heavy (non-hydrogen) atoms. The lowest BCUT2D eigenvalue weighted by molar-refractivity contribution is -0.206. The third-order valence-corrected chi connectivity index (χ3v) is 2.80. The van der Waals surface area contributed by atoms with Gasteiger partial charge in [0.05, 0.1) is 11.4 Å². The summed E-state index contributed by atoms with van der Waals surface area (Å²) < 4.78 is 39.2. The molecule has 0 spiro atoms. The van der Waals surface area contributed by atoms with Crippen molar-refractivity contribution in [3.8, 4) is 5.69 Å². The molecule has 2 aromatic rings. The number of hydrogen-bond donors (Lipinski definition) is 1. The number of hydrogen-bond acceptors (Lipinski definition) is 2. The van der Waals surface area contributed by atoms with Crippen LogP contribution in [0.25, 0.3) is 5.69 Å². The molecule has 1 aromatic heterocycles. The molecule has 3 nitrogen and oxygen atoms in total. The highest BCUT2D eigenvalue weighted by Gasteiger charge is 2.41. The summed E-state index contributed by atoms with van der Waals surface area (Å²) in [6.07, 6.45) is -5.85. The van der Waals surface area contributed by atoms with Crippen molar-refractivity contribution in [1.29, 1.82) is 0 Å². The molecule has 102 valence electrons. The molecule has 0 saturated carbocycles. The molecular weight excluding hydrogens is 281 g/mol. The Morgan fingerprint density at radius 2 is 2.00 bits per heavy atom. The SMILES string of the molecule is Cc1ccn(-c2ccc(Cl)cc2C(O)C(F)(F)F)n1. The largest absolute Gasteiger partial charge is 0.418 e. The Kier molecular flexibility index (Phi) is 3.56. The van der Waals surface area contributed by atoms with Gasteiger partial charge in [-0.25, -0.2) is 4.68 Å². The van der Waals surface area contributed by atoms with Crippen LogP contribution in [0.2, 0.25) is 5.02 Å². The Morgan fingerprint density at radius 1 is 1.32 bits per heavy atom. The Bertz CT molecular complexity index is 595. The quantitative estimate of drug-likeness (QED) is 0.920. The fourth-order valence-corrected chi connectivity index (χ4v) is 1.86. The van der Waals surface area contributed by atoms with Crippen LogP contribution in [0.15, 0.2) is 30.5 Å². The first-order valence-electron chi connectivity index (χ1n) is 5.36. The maximum Gasteiger partial charge on any atom is 0.418 e. The molecule has 0 aliphatic rings. The molecule has 1 atom stereocenters. The van der Waals surface area contributed by atoms with Crippen LogP contribution in [-0.4, -0.2) is 21.1 Å². The minimum atomic E-state index is -4.76. The number of nitrogens with zero attached hydrogens (tertiary/aromatic N) is 2. The Labute approximate surface area is 112 Å². The number of rotatable bonds is 2. The van der Waals surface area contributed by atoms with Gasteiger partial charge in [0.2, 0.25) is 0 Å². The van der Waals surface area contributed by atoms with E-state index in [1.807, 2.05) is 0 Å². The number of benzene rings is 1. The van der Waals surface area contributed by atoms with Crippen LogP contribution >= 0.6 is 11.6 Å². The highest BCUT2D eigenvalue weighted by atomic mass is 35.5. The van der Waals surface area contributed by atoms with E-state index in [0.717, 1.165) is 6.07 Å². The van der Waals surface area contributed by atoms with Gasteiger partial charge in [0.15, 0.2) is 6.10 Å². The molecule has 0 radical (unpaired) electrons. The summed E-state index contributed by atoms with van der Waals surface area (Å²) in [6, 6.07) is 5.57. The second-order valence-electron chi connectivity index (χ2n) is 4.05. The molecule has 0 aliphatic heterocycles. The van der Waals surface area contributed by atoms with Gasteiger partial charge in [0, 0.05) is 16.8 Å². The van der Waals surface area contributed by atoms with Gasteiger partial charge in [-0.3, -0.25) is 0 Å². The molecular formula is C12H10ClF3N2O. The van der Waals surface area contributed by atoms with Gasteiger partial charge in [0.1, 0.15) is 0 Å². The van der Waals surface area contributed by atoms with Gasteiger partial charge in [-0.1, -0.05) is 11.6 Å². The highest BCUT2D eigenvalue weighted by molar-refractivity contribution is 6.30. The molecule has 0 fully saturated rings. The predicted molar refractivity (Wildman–Crippen MR) is 64.3 cm³/mol. The van der Waals surface area contributed by atoms with Crippen LogP contribution in [0.5, 0.6) is 0 Å². The average molecular weight is 291 g/mol. The zero-order chi connectivity index (χ0) is 14.2. The third kappa shape index (κ3) is 2.90. The lowest BCUT2D eigenvalue weighted by Gasteiger charge is -2.18. The van der Waals surface area contributed by atoms with Gasteiger partial charge in [-0.05, 0) is 31.2 Å². The first-order chi connectivity index (χ1) is 8.79. The predicted octanol–water partition coefficient (Wildman–Crippen LogP) is 3.43.